The zero-order valence-corrected chi connectivity index (χ0v) is 11.1. The Bertz CT molecular complexity index is 636. The van der Waals surface area contributed by atoms with E-state index < -0.39 is 10.1 Å². The minimum atomic E-state index is -4.22. The second kappa shape index (κ2) is 4.60. The minimum absolute atomic E-state index is 0.0908. The molecule has 0 aliphatic carbocycles. The van der Waals surface area contributed by atoms with Crippen LogP contribution in [0.15, 0.2) is 57.9 Å². The van der Waals surface area contributed by atoms with E-state index in [1.165, 1.54) is 6.07 Å². The van der Waals surface area contributed by atoms with Gasteiger partial charge in [0.05, 0.1) is 0 Å². The summed E-state index contributed by atoms with van der Waals surface area (Å²) in [5.41, 5.74) is 1.21. The van der Waals surface area contributed by atoms with Gasteiger partial charge < -0.3 is 0 Å². The third-order valence-corrected chi connectivity index (χ3v) is 3.71. The molecule has 0 atom stereocenters. The van der Waals surface area contributed by atoms with Gasteiger partial charge in [0.25, 0.3) is 10.1 Å². The monoisotopic (exact) mass is 312 g/mol. The molecule has 0 radical (unpaired) electrons. The topological polar surface area (TPSA) is 54.4 Å². The van der Waals surface area contributed by atoms with Crippen molar-refractivity contribution in [3.63, 3.8) is 0 Å². The second-order valence-electron chi connectivity index (χ2n) is 3.48. The molecular weight excluding hydrogens is 304 g/mol. The quantitative estimate of drug-likeness (QED) is 0.865. The summed E-state index contributed by atoms with van der Waals surface area (Å²) in [7, 11) is -4.22. The van der Waals surface area contributed by atoms with Gasteiger partial charge in [0.1, 0.15) is 4.90 Å². The molecular formula is C12H9BrO3S. The summed E-state index contributed by atoms with van der Waals surface area (Å²) in [6.07, 6.45) is 0. The van der Waals surface area contributed by atoms with Crippen LogP contribution in [-0.4, -0.2) is 13.0 Å². The molecule has 17 heavy (non-hydrogen) atoms. The fraction of sp³-hybridized carbons (Fsp3) is 0. The largest absolute Gasteiger partial charge is 0.295 e. The van der Waals surface area contributed by atoms with Crippen LogP contribution in [0.5, 0.6) is 0 Å². The molecule has 0 fully saturated rings. The second-order valence-corrected chi connectivity index (χ2v) is 5.79. The fourth-order valence-corrected chi connectivity index (χ4v) is 2.63. The Kier molecular flexibility index (Phi) is 3.33. The molecule has 0 amide bonds. The zero-order valence-electron chi connectivity index (χ0n) is 8.67. The Morgan fingerprint density at radius 1 is 1.00 bits per heavy atom. The van der Waals surface area contributed by atoms with Crippen LogP contribution in [0.3, 0.4) is 0 Å². The summed E-state index contributed by atoms with van der Waals surface area (Å²) in [6, 6.07) is 13.7. The third kappa shape index (κ3) is 2.74. The highest BCUT2D eigenvalue weighted by molar-refractivity contribution is 9.10. The van der Waals surface area contributed by atoms with Crippen molar-refractivity contribution in [2.45, 2.75) is 4.90 Å². The number of halogens is 1. The van der Waals surface area contributed by atoms with Gasteiger partial charge in [-0.1, -0.05) is 46.3 Å². The summed E-state index contributed by atoms with van der Waals surface area (Å²) in [5.74, 6) is 0. The third-order valence-electron chi connectivity index (χ3n) is 2.30. The van der Waals surface area contributed by atoms with Crippen LogP contribution < -0.4 is 0 Å². The molecule has 1 N–H and O–H groups in total. The van der Waals surface area contributed by atoms with Crippen molar-refractivity contribution in [2.75, 3.05) is 0 Å². The van der Waals surface area contributed by atoms with E-state index in [2.05, 4.69) is 15.9 Å². The van der Waals surface area contributed by atoms with Gasteiger partial charge in [-0.05, 0) is 23.8 Å². The van der Waals surface area contributed by atoms with Crippen LogP contribution in [0.2, 0.25) is 0 Å². The first-order valence-corrected chi connectivity index (χ1v) is 7.04. The Morgan fingerprint density at radius 2 is 1.65 bits per heavy atom. The van der Waals surface area contributed by atoms with Gasteiger partial charge in [0.15, 0.2) is 0 Å². The van der Waals surface area contributed by atoms with Gasteiger partial charge in [0.2, 0.25) is 0 Å². The van der Waals surface area contributed by atoms with Crippen molar-refractivity contribution < 1.29 is 13.0 Å². The lowest BCUT2D eigenvalue weighted by atomic mass is 10.1. The molecule has 2 aromatic rings. The van der Waals surface area contributed by atoms with Gasteiger partial charge in [-0.15, -0.1) is 0 Å². The average molecular weight is 313 g/mol. The van der Waals surface area contributed by atoms with Crippen LogP contribution >= 0.6 is 15.9 Å². The molecule has 3 nitrogen and oxygen atoms in total. The lowest BCUT2D eigenvalue weighted by molar-refractivity contribution is 0.483. The van der Waals surface area contributed by atoms with Crippen molar-refractivity contribution in [3.05, 3.63) is 53.0 Å². The van der Waals surface area contributed by atoms with Crippen LogP contribution in [0.1, 0.15) is 0 Å². The number of benzene rings is 2. The van der Waals surface area contributed by atoms with E-state index in [0.29, 0.717) is 5.56 Å². The maximum absolute atomic E-state index is 11.3. The Labute approximate surface area is 108 Å². The van der Waals surface area contributed by atoms with Gasteiger partial charge in [0, 0.05) is 10.0 Å². The van der Waals surface area contributed by atoms with Crippen LogP contribution in [0, 0.1) is 0 Å². The van der Waals surface area contributed by atoms with E-state index in [4.69, 9.17) is 0 Å². The normalized spacial score (nSPS) is 11.4. The van der Waals surface area contributed by atoms with Crippen molar-refractivity contribution >= 4 is 26.0 Å². The molecule has 88 valence electrons. The summed E-state index contributed by atoms with van der Waals surface area (Å²) >= 11 is 3.28. The van der Waals surface area contributed by atoms with E-state index in [0.717, 1.165) is 10.0 Å². The summed E-state index contributed by atoms with van der Waals surface area (Å²) in [5, 5.41) is 0. The van der Waals surface area contributed by atoms with Crippen molar-refractivity contribution in [1.82, 2.24) is 0 Å². The first-order chi connectivity index (χ1) is 7.98. The molecule has 0 aliphatic heterocycles. The van der Waals surface area contributed by atoms with Crippen molar-refractivity contribution in [1.29, 1.82) is 0 Å². The smallest absolute Gasteiger partial charge is 0.282 e. The standard InChI is InChI=1S/C12H9BrO3S/c13-10-6-7-12(17(14,15)16)11(8-10)9-4-2-1-3-5-9/h1-8H,(H,14,15,16). The molecule has 0 aromatic heterocycles. The predicted molar refractivity (Wildman–Crippen MR) is 69.4 cm³/mol. The highest BCUT2D eigenvalue weighted by atomic mass is 79.9. The van der Waals surface area contributed by atoms with Gasteiger partial charge in [-0.25, -0.2) is 0 Å². The van der Waals surface area contributed by atoms with E-state index >= 15 is 0 Å². The fourth-order valence-electron chi connectivity index (χ4n) is 1.57. The van der Waals surface area contributed by atoms with Crippen LogP contribution in [-0.2, 0) is 10.1 Å². The SMILES string of the molecule is O=S(=O)(O)c1ccc(Br)cc1-c1ccccc1. The maximum atomic E-state index is 11.3. The van der Waals surface area contributed by atoms with Crippen LogP contribution in [0.25, 0.3) is 11.1 Å². The lowest BCUT2D eigenvalue weighted by Crippen LogP contribution is -2.00. The molecule has 0 spiro atoms. The van der Waals surface area contributed by atoms with Gasteiger partial charge in [-0.3, -0.25) is 4.55 Å². The summed E-state index contributed by atoms with van der Waals surface area (Å²) in [6.45, 7) is 0. The number of hydrogen-bond acceptors (Lipinski definition) is 2. The Morgan fingerprint density at radius 3 is 2.24 bits per heavy atom. The van der Waals surface area contributed by atoms with Crippen molar-refractivity contribution in [3.8, 4) is 11.1 Å². The lowest BCUT2D eigenvalue weighted by Gasteiger charge is -2.07. The Balaban J connectivity index is 2.72. The predicted octanol–water partition coefficient (Wildman–Crippen LogP) is 3.36. The van der Waals surface area contributed by atoms with Crippen LogP contribution in [0.4, 0.5) is 0 Å². The molecule has 2 aromatic carbocycles. The minimum Gasteiger partial charge on any atom is -0.282 e. The molecule has 0 aliphatic rings. The summed E-state index contributed by atoms with van der Waals surface area (Å²) in [4.78, 5) is -0.0908. The number of hydrogen-bond donors (Lipinski definition) is 1. The maximum Gasteiger partial charge on any atom is 0.295 e. The highest BCUT2D eigenvalue weighted by Gasteiger charge is 2.16. The zero-order chi connectivity index (χ0) is 12.5. The molecule has 2 rings (SSSR count). The Hall–Kier alpha value is -1.17. The van der Waals surface area contributed by atoms with Crippen molar-refractivity contribution in [2.24, 2.45) is 0 Å². The van der Waals surface area contributed by atoms with Gasteiger partial charge in [-0.2, -0.15) is 8.42 Å². The number of rotatable bonds is 2. The van der Waals surface area contributed by atoms with E-state index in [9.17, 15) is 13.0 Å². The first kappa shape index (κ1) is 12.3. The molecule has 0 unspecified atom stereocenters. The van der Waals surface area contributed by atoms with Gasteiger partial charge >= 0.3 is 0 Å². The molecule has 5 heteroatoms. The van der Waals surface area contributed by atoms with E-state index in [-0.39, 0.29) is 4.90 Å². The van der Waals surface area contributed by atoms with E-state index in [1.54, 1.807) is 24.3 Å². The molecule has 0 saturated carbocycles. The summed E-state index contributed by atoms with van der Waals surface area (Å²) < 4.78 is 32.5. The highest BCUT2D eigenvalue weighted by Crippen LogP contribution is 2.29. The average Bonchev–Trinajstić information content (AvgIpc) is 2.28. The molecule has 0 bridgehead atoms. The first-order valence-electron chi connectivity index (χ1n) is 4.81. The molecule has 0 saturated heterocycles. The van der Waals surface area contributed by atoms with E-state index in [1.807, 2.05) is 18.2 Å². The molecule has 0 heterocycles.